The number of rotatable bonds is 7. The fourth-order valence-electron chi connectivity index (χ4n) is 3.64. The lowest BCUT2D eigenvalue weighted by Gasteiger charge is -2.28. The normalized spacial score (nSPS) is 17.8. The number of aryl methyl sites for hydroxylation is 1. The van der Waals surface area contributed by atoms with Gasteiger partial charge in [0, 0.05) is 17.6 Å². The minimum absolute atomic E-state index is 0.00277. The van der Waals surface area contributed by atoms with Gasteiger partial charge in [0.2, 0.25) is 0 Å². The third kappa shape index (κ3) is 5.76. The summed E-state index contributed by atoms with van der Waals surface area (Å²) in [6.45, 7) is 6.33. The summed E-state index contributed by atoms with van der Waals surface area (Å²) in [6.07, 6.45) is 0.456. The van der Waals surface area contributed by atoms with Crippen molar-refractivity contribution in [2.75, 3.05) is 18.1 Å². The summed E-state index contributed by atoms with van der Waals surface area (Å²) in [6, 6.07) is 13.0. The van der Waals surface area contributed by atoms with E-state index in [4.69, 9.17) is 16.3 Å². The number of nitrogens with zero attached hydrogens (tertiary/aromatic N) is 1. The largest absolute Gasteiger partial charge is 0.483 e. The summed E-state index contributed by atoms with van der Waals surface area (Å²) in [5, 5.41) is 0.605. The van der Waals surface area contributed by atoms with Gasteiger partial charge in [-0.15, -0.1) is 0 Å². The van der Waals surface area contributed by atoms with Gasteiger partial charge < -0.3 is 9.64 Å². The molecule has 2 aromatic rings. The molecule has 0 aliphatic carbocycles. The van der Waals surface area contributed by atoms with Crippen molar-refractivity contribution in [2.45, 2.75) is 45.7 Å². The van der Waals surface area contributed by atoms with Gasteiger partial charge in [-0.1, -0.05) is 49.7 Å². The van der Waals surface area contributed by atoms with Crippen molar-refractivity contribution in [1.82, 2.24) is 4.90 Å². The van der Waals surface area contributed by atoms with Crippen LogP contribution in [0.1, 0.15) is 42.9 Å². The first-order valence-electron chi connectivity index (χ1n) is 10.1. The smallest absolute Gasteiger partial charge is 0.261 e. The Hall–Kier alpha value is -2.05. The van der Waals surface area contributed by atoms with Crippen LogP contribution in [-0.4, -0.2) is 43.4 Å². The molecule has 0 bridgehead atoms. The van der Waals surface area contributed by atoms with Crippen LogP contribution in [-0.2, 0) is 21.2 Å². The maximum Gasteiger partial charge on any atom is 0.261 e. The average molecular weight is 450 g/mol. The predicted octanol–water partition coefficient (Wildman–Crippen LogP) is 4.37. The van der Waals surface area contributed by atoms with Crippen LogP contribution in [0.4, 0.5) is 0 Å². The second-order valence-corrected chi connectivity index (χ2v) is 10.8. The highest BCUT2D eigenvalue weighted by atomic mass is 35.5. The van der Waals surface area contributed by atoms with Crippen molar-refractivity contribution < 1.29 is 17.9 Å². The second kappa shape index (κ2) is 9.40. The summed E-state index contributed by atoms with van der Waals surface area (Å²) in [5.41, 5.74) is 3.04. The molecule has 1 unspecified atom stereocenters. The molecule has 1 aliphatic rings. The maximum atomic E-state index is 13.1. The third-order valence-electron chi connectivity index (χ3n) is 5.46. The molecule has 0 aromatic heterocycles. The zero-order valence-corrected chi connectivity index (χ0v) is 19.2. The third-order valence-corrected chi connectivity index (χ3v) is 7.44. The van der Waals surface area contributed by atoms with Gasteiger partial charge in [-0.05, 0) is 54.2 Å². The molecule has 0 saturated carbocycles. The van der Waals surface area contributed by atoms with E-state index >= 15 is 0 Å². The van der Waals surface area contributed by atoms with Gasteiger partial charge in [0.15, 0.2) is 16.4 Å². The number of sulfone groups is 1. The number of carbonyl (C=O) groups excluding carboxylic acids is 1. The fraction of sp³-hybridized carbons (Fsp3) is 0.435. The predicted molar refractivity (Wildman–Crippen MR) is 120 cm³/mol. The highest BCUT2D eigenvalue weighted by molar-refractivity contribution is 7.91. The van der Waals surface area contributed by atoms with E-state index in [0.29, 0.717) is 29.7 Å². The average Bonchev–Trinajstić information content (AvgIpc) is 3.05. The van der Waals surface area contributed by atoms with Crippen LogP contribution in [0.5, 0.6) is 5.75 Å². The molecular formula is C23H28ClNO4S. The lowest BCUT2D eigenvalue weighted by Crippen LogP contribution is -2.43. The summed E-state index contributed by atoms with van der Waals surface area (Å²) in [5.74, 6) is 0.911. The first-order chi connectivity index (χ1) is 14.1. The Bertz CT molecular complexity index is 1000. The number of hydrogen-bond donors (Lipinski definition) is 0. The minimum atomic E-state index is -3.11. The fourth-order valence-corrected chi connectivity index (χ4v) is 5.60. The van der Waals surface area contributed by atoms with Gasteiger partial charge in [-0.2, -0.15) is 0 Å². The molecule has 0 radical (unpaired) electrons. The minimum Gasteiger partial charge on any atom is -0.483 e. The molecule has 1 aliphatic heterocycles. The zero-order valence-electron chi connectivity index (χ0n) is 17.6. The number of carbonyl (C=O) groups is 1. The summed E-state index contributed by atoms with van der Waals surface area (Å²) in [4.78, 5) is 14.7. The van der Waals surface area contributed by atoms with E-state index in [2.05, 4.69) is 26.0 Å². The molecule has 1 heterocycles. The molecule has 30 heavy (non-hydrogen) atoms. The van der Waals surface area contributed by atoms with E-state index in [1.807, 2.05) is 19.1 Å². The van der Waals surface area contributed by atoms with Crippen LogP contribution in [0.3, 0.4) is 0 Å². The van der Waals surface area contributed by atoms with Crippen LogP contribution in [0.2, 0.25) is 5.02 Å². The van der Waals surface area contributed by atoms with E-state index in [0.717, 1.165) is 11.1 Å². The molecule has 162 valence electrons. The van der Waals surface area contributed by atoms with E-state index < -0.39 is 9.84 Å². The topological polar surface area (TPSA) is 63.7 Å². The molecule has 0 spiro atoms. The van der Waals surface area contributed by atoms with Crippen LogP contribution >= 0.6 is 11.6 Å². The summed E-state index contributed by atoms with van der Waals surface area (Å²) < 4.78 is 29.8. The summed E-state index contributed by atoms with van der Waals surface area (Å²) in [7, 11) is -3.11. The molecule has 3 rings (SSSR count). The van der Waals surface area contributed by atoms with Gasteiger partial charge in [0.25, 0.3) is 5.91 Å². The van der Waals surface area contributed by atoms with E-state index in [9.17, 15) is 13.2 Å². The Morgan fingerprint density at radius 1 is 1.20 bits per heavy atom. The van der Waals surface area contributed by atoms with Crippen LogP contribution in [0, 0.1) is 6.92 Å². The highest BCUT2D eigenvalue weighted by Gasteiger charge is 2.34. The Balaban J connectivity index is 1.75. The molecule has 1 amide bonds. The molecule has 7 heteroatoms. The Labute approximate surface area is 183 Å². The van der Waals surface area contributed by atoms with E-state index in [1.54, 1.807) is 23.1 Å². The van der Waals surface area contributed by atoms with E-state index in [1.165, 1.54) is 5.56 Å². The van der Waals surface area contributed by atoms with Crippen LogP contribution < -0.4 is 4.74 Å². The quantitative estimate of drug-likeness (QED) is 0.629. The molecule has 5 nitrogen and oxygen atoms in total. The lowest BCUT2D eigenvalue weighted by atomic mass is 10.0. The van der Waals surface area contributed by atoms with Crippen LogP contribution in [0.15, 0.2) is 42.5 Å². The lowest BCUT2D eigenvalue weighted by molar-refractivity contribution is -0.136. The van der Waals surface area contributed by atoms with Gasteiger partial charge in [-0.3, -0.25) is 4.79 Å². The van der Waals surface area contributed by atoms with Crippen LogP contribution in [0.25, 0.3) is 0 Å². The molecule has 1 fully saturated rings. The van der Waals surface area contributed by atoms with Crippen molar-refractivity contribution in [1.29, 1.82) is 0 Å². The standard InChI is InChI=1S/C23H28ClNO4S/c1-16(2)19-6-4-18(5-7-19)13-25(21-10-11-30(27,28)15-21)23(26)14-29-22-9-8-20(24)12-17(22)3/h4-9,12,16,21H,10-11,13-15H2,1-3H3. The van der Waals surface area contributed by atoms with Gasteiger partial charge >= 0.3 is 0 Å². The number of ether oxygens (including phenoxy) is 1. The van der Waals surface area contributed by atoms with Crippen molar-refractivity contribution in [3.63, 3.8) is 0 Å². The molecular weight excluding hydrogens is 422 g/mol. The number of halogens is 1. The molecule has 1 atom stereocenters. The van der Waals surface area contributed by atoms with Crippen molar-refractivity contribution in [3.8, 4) is 5.75 Å². The monoisotopic (exact) mass is 449 g/mol. The molecule has 1 saturated heterocycles. The molecule has 2 aromatic carbocycles. The van der Waals surface area contributed by atoms with Gasteiger partial charge in [0.1, 0.15) is 5.75 Å². The van der Waals surface area contributed by atoms with Crippen molar-refractivity contribution in [2.24, 2.45) is 0 Å². The maximum absolute atomic E-state index is 13.1. The second-order valence-electron chi connectivity index (χ2n) is 8.17. The SMILES string of the molecule is Cc1cc(Cl)ccc1OCC(=O)N(Cc1ccc(C(C)C)cc1)C1CCS(=O)(=O)C1. The Morgan fingerprint density at radius 3 is 2.47 bits per heavy atom. The number of amides is 1. The van der Waals surface area contributed by atoms with Gasteiger partial charge in [0.05, 0.1) is 11.5 Å². The van der Waals surface area contributed by atoms with Gasteiger partial charge in [-0.25, -0.2) is 8.42 Å². The first kappa shape index (κ1) is 22.6. The number of hydrogen-bond acceptors (Lipinski definition) is 4. The summed E-state index contributed by atoms with van der Waals surface area (Å²) >= 11 is 5.98. The van der Waals surface area contributed by atoms with Crippen molar-refractivity contribution in [3.05, 3.63) is 64.2 Å². The van der Waals surface area contributed by atoms with Crippen molar-refractivity contribution >= 4 is 27.3 Å². The molecule has 0 N–H and O–H groups in total. The van der Waals surface area contributed by atoms with E-state index in [-0.39, 0.29) is 30.1 Å². The Kier molecular flexibility index (Phi) is 7.09. The number of benzene rings is 2. The zero-order chi connectivity index (χ0) is 21.9. The first-order valence-corrected chi connectivity index (χ1v) is 12.3. The Morgan fingerprint density at radius 2 is 1.90 bits per heavy atom. The highest BCUT2D eigenvalue weighted by Crippen LogP contribution is 2.24.